The van der Waals surface area contributed by atoms with Crippen molar-refractivity contribution in [2.24, 2.45) is 0 Å². The molecule has 0 fully saturated rings. The van der Waals surface area contributed by atoms with Gasteiger partial charge in [-0.15, -0.1) is 0 Å². The van der Waals surface area contributed by atoms with Crippen molar-refractivity contribution in [3.63, 3.8) is 0 Å². The van der Waals surface area contributed by atoms with Crippen LogP contribution in [-0.2, 0) is 0 Å². The molecule has 0 atom stereocenters. The predicted molar refractivity (Wildman–Crippen MR) is 66.3 cm³/mol. The largest absolute Gasteiger partial charge is 0.302 e. The summed E-state index contributed by atoms with van der Waals surface area (Å²) in [6, 6.07) is 6.29. The Balaban J connectivity index is 2.26. The fourth-order valence-electron chi connectivity index (χ4n) is 1.88. The number of likely N-dealkylation sites (N-methyl/N-ethyl adjacent to an activating group) is 1. The van der Waals surface area contributed by atoms with Crippen LogP contribution in [0.5, 0.6) is 0 Å². The van der Waals surface area contributed by atoms with Crippen LogP contribution >= 0.6 is 11.6 Å². The molecule has 15 heavy (non-hydrogen) atoms. The topological polar surface area (TPSA) is 3.24 Å². The quantitative estimate of drug-likeness (QED) is 0.703. The van der Waals surface area contributed by atoms with E-state index in [9.17, 15) is 0 Å². The van der Waals surface area contributed by atoms with Gasteiger partial charge in [-0.25, -0.2) is 0 Å². The molecule has 0 radical (unpaired) electrons. The molecule has 0 saturated heterocycles. The molecule has 0 amide bonds. The molecule has 1 aliphatic rings. The number of nitrogens with zero attached hydrogens (tertiary/aromatic N) is 1. The highest BCUT2D eigenvalue weighted by molar-refractivity contribution is 6.31. The Hall–Kier alpha value is -0.790. The maximum Gasteiger partial charge on any atom is 0.0435 e. The molecule has 1 aromatic carbocycles. The lowest BCUT2D eigenvalue weighted by molar-refractivity contribution is 0.370. The van der Waals surface area contributed by atoms with Gasteiger partial charge in [-0.3, -0.25) is 0 Å². The van der Waals surface area contributed by atoms with Crippen LogP contribution in [0.1, 0.15) is 17.5 Å². The van der Waals surface area contributed by atoms with E-state index in [4.69, 9.17) is 11.6 Å². The Morgan fingerprint density at radius 3 is 2.73 bits per heavy atom. The minimum Gasteiger partial charge on any atom is -0.302 e. The first-order valence-corrected chi connectivity index (χ1v) is 5.69. The zero-order valence-electron chi connectivity index (χ0n) is 9.26. The van der Waals surface area contributed by atoms with Crippen molar-refractivity contribution in [2.75, 3.05) is 20.1 Å². The lowest BCUT2D eigenvalue weighted by Crippen LogP contribution is -2.23. The van der Waals surface area contributed by atoms with Crippen molar-refractivity contribution in [1.82, 2.24) is 4.90 Å². The Bertz CT molecular complexity index is 396. The van der Waals surface area contributed by atoms with Crippen LogP contribution in [0.2, 0.25) is 5.02 Å². The monoisotopic (exact) mass is 221 g/mol. The van der Waals surface area contributed by atoms with Crippen molar-refractivity contribution in [2.45, 2.75) is 13.3 Å². The molecule has 1 aromatic rings. The molecule has 0 N–H and O–H groups in total. The maximum absolute atomic E-state index is 6.02. The number of benzene rings is 1. The van der Waals surface area contributed by atoms with E-state index in [-0.39, 0.29) is 0 Å². The van der Waals surface area contributed by atoms with Crippen molar-refractivity contribution in [1.29, 1.82) is 0 Å². The van der Waals surface area contributed by atoms with Gasteiger partial charge in [-0.1, -0.05) is 29.8 Å². The van der Waals surface area contributed by atoms with E-state index in [0.717, 1.165) is 30.1 Å². The van der Waals surface area contributed by atoms with Gasteiger partial charge in [0.05, 0.1) is 0 Å². The van der Waals surface area contributed by atoms with Crippen LogP contribution in [0.3, 0.4) is 0 Å². The van der Waals surface area contributed by atoms with E-state index in [0.29, 0.717) is 0 Å². The first kappa shape index (κ1) is 10.7. The fraction of sp³-hybridized carbons (Fsp3) is 0.385. The van der Waals surface area contributed by atoms with Crippen molar-refractivity contribution < 1.29 is 0 Å². The zero-order valence-corrected chi connectivity index (χ0v) is 10.0. The molecule has 1 heterocycles. The van der Waals surface area contributed by atoms with Gasteiger partial charge in [-0.2, -0.15) is 0 Å². The van der Waals surface area contributed by atoms with E-state index >= 15 is 0 Å². The minimum atomic E-state index is 0.854. The molecule has 1 nitrogen and oxygen atoms in total. The van der Waals surface area contributed by atoms with Crippen LogP contribution in [0.25, 0.3) is 5.57 Å². The summed E-state index contributed by atoms with van der Waals surface area (Å²) in [5.41, 5.74) is 3.94. The first-order chi connectivity index (χ1) is 7.16. The lowest BCUT2D eigenvalue weighted by atomic mass is 9.98. The van der Waals surface area contributed by atoms with Crippen LogP contribution in [0.15, 0.2) is 24.3 Å². The average Bonchev–Trinajstić information content (AvgIpc) is 2.23. The van der Waals surface area contributed by atoms with Gasteiger partial charge in [0.1, 0.15) is 0 Å². The lowest BCUT2D eigenvalue weighted by Gasteiger charge is -2.22. The predicted octanol–water partition coefficient (Wildman–Crippen LogP) is 3.37. The van der Waals surface area contributed by atoms with Crippen molar-refractivity contribution >= 4 is 17.2 Å². The molecule has 0 bridgehead atoms. The Kier molecular flexibility index (Phi) is 3.13. The summed E-state index contributed by atoms with van der Waals surface area (Å²) >= 11 is 6.02. The zero-order chi connectivity index (χ0) is 10.8. The third kappa shape index (κ3) is 2.42. The van der Waals surface area contributed by atoms with Gasteiger partial charge >= 0.3 is 0 Å². The Morgan fingerprint density at radius 1 is 1.33 bits per heavy atom. The summed E-state index contributed by atoms with van der Waals surface area (Å²) < 4.78 is 0. The van der Waals surface area contributed by atoms with E-state index in [1.54, 1.807) is 0 Å². The third-order valence-corrected chi connectivity index (χ3v) is 3.37. The standard InChI is InChI=1S/C13H16ClN/c1-10-9-12(3-4-13(10)14)11-5-7-15(2)8-6-11/h3-5,9H,6-8H2,1-2H3. The molecule has 2 heteroatoms. The molecular weight excluding hydrogens is 206 g/mol. The summed E-state index contributed by atoms with van der Waals surface area (Å²) in [6.07, 6.45) is 3.45. The minimum absolute atomic E-state index is 0.854. The van der Waals surface area contributed by atoms with Gasteiger partial charge in [0.15, 0.2) is 0 Å². The molecular formula is C13H16ClN. The Morgan fingerprint density at radius 2 is 2.13 bits per heavy atom. The van der Waals surface area contributed by atoms with E-state index in [1.165, 1.54) is 11.1 Å². The second-order valence-corrected chi connectivity index (χ2v) is 4.61. The van der Waals surface area contributed by atoms with E-state index in [1.807, 2.05) is 6.07 Å². The highest BCUT2D eigenvalue weighted by Crippen LogP contribution is 2.25. The normalized spacial score (nSPS) is 17.7. The molecule has 0 saturated carbocycles. The van der Waals surface area contributed by atoms with Gasteiger partial charge in [0.2, 0.25) is 0 Å². The first-order valence-electron chi connectivity index (χ1n) is 5.31. The van der Waals surface area contributed by atoms with Crippen LogP contribution in [0, 0.1) is 6.92 Å². The summed E-state index contributed by atoms with van der Waals surface area (Å²) in [5.74, 6) is 0. The maximum atomic E-state index is 6.02. The molecule has 1 aliphatic heterocycles. The molecule has 2 rings (SSSR count). The van der Waals surface area contributed by atoms with Gasteiger partial charge in [0.25, 0.3) is 0 Å². The fourth-order valence-corrected chi connectivity index (χ4v) is 1.99. The summed E-state index contributed by atoms with van der Waals surface area (Å²) in [5, 5.41) is 0.854. The second-order valence-electron chi connectivity index (χ2n) is 4.21. The highest BCUT2D eigenvalue weighted by atomic mass is 35.5. The second kappa shape index (κ2) is 4.38. The van der Waals surface area contributed by atoms with Crippen LogP contribution in [-0.4, -0.2) is 25.0 Å². The summed E-state index contributed by atoms with van der Waals surface area (Å²) in [4.78, 5) is 2.33. The number of rotatable bonds is 1. The molecule has 80 valence electrons. The smallest absolute Gasteiger partial charge is 0.0435 e. The van der Waals surface area contributed by atoms with Gasteiger partial charge in [0, 0.05) is 18.1 Å². The number of aryl methyl sites for hydroxylation is 1. The number of hydrogen-bond donors (Lipinski definition) is 0. The molecule has 0 aromatic heterocycles. The number of hydrogen-bond acceptors (Lipinski definition) is 1. The van der Waals surface area contributed by atoms with Crippen molar-refractivity contribution in [3.8, 4) is 0 Å². The van der Waals surface area contributed by atoms with Gasteiger partial charge < -0.3 is 4.90 Å². The SMILES string of the molecule is Cc1cc(C2=CCN(C)CC2)ccc1Cl. The van der Waals surface area contributed by atoms with E-state index in [2.05, 4.69) is 37.1 Å². The Labute approximate surface area is 96.4 Å². The molecule has 0 spiro atoms. The molecule has 0 unspecified atom stereocenters. The number of halogens is 1. The third-order valence-electron chi connectivity index (χ3n) is 2.94. The average molecular weight is 222 g/mol. The summed E-state index contributed by atoms with van der Waals surface area (Å²) in [6.45, 7) is 4.26. The van der Waals surface area contributed by atoms with Gasteiger partial charge in [-0.05, 0) is 43.2 Å². The molecule has 0 aliphatic carbocycles. The highest BCUT2D eigenvalue weighted by Gasteiger charge is 2.09. The van der Waals surface area contributed by atoms with Crippen molar-refractivity contribution in [3.05, 3.63) is 40.4 Å². The van der Waals surface area contributed by atoms with Crippen LogP contribution < -0.4 is 0 Å². The van der Waals surface area contributed by atoms with E-state index < -0.39 is 0 Å². The van der Waals surface area contributed by atoms with Crippen LogP contribution in [0.4, 0.5) is 0 Å². The summed E-state index contributed by atoms with van der Waals surface area (Å²) in [7, 11) is 2.15.